The maximum atomic E-state index is 13.3. The Balaban J connectivity index is 1.53. The van der Waals surface area contributed by atoms with E-state index in [1.165, 1.54) is 31.4 Å². The normalized spacial score (nSPS) is 17.4. The standard InChI is InChI=1S/C22H26FN5O/c1-17-6-2-3-12-26(17)15-11-24-21(29)20-16-25-28(19-9-7-18(23)8-10-19)22(20)27-13-4-5-14-27/h4-5,7-10,13-14,16-17H,2-3,6,11-12,15H2,1H3,(H,24,29). The van der Waals surface area contributed by atoms with Crippen molar-refractivity contribution in [3.05, 3.63) is 66.4 Å². The number of nitrogens with one attached hydrogen (secondary N) is 1. The molecule has 6 nitrogen and oxygen atoms in total. The number of aromatic nitrogens is 3. The molecule has 1 aromatic carbocycles. The Morgan fingerprint density at radius 1 is 1.21 bits per heavy atom. The first kappa shape index (κ1) is 19.4. The van der Waals surface area contributed by atoms with Gasteiger partial charge in [0, 0.05) is 31.5 Å². The summed E-state index contributed by atoms with van der Waals surface area (Å²) >= 11 is 0. The van der Waals surface area contributed by atoms with Gasteiger partial charge in [0.05, 0.1) is 11.9 Å². The second-order valence-electron chi connectivity index (χ2n) is 7.50. The summed E-state index contributed by atoms with van der Waals surface area (Å²) in [4.78, 5) is 15.4. The van der Waals surface area contributed by atoms with Crippen LogP contribution in [-0.4, -0.2) is 50.8 Å². The first-order chi connectivity index (χ1) is 14.1. The number of likely N-dealkylation sites (tertiary alicyclic amines) is 1. The molecule has 1 fully saturated rings. The van der Waals surface area contributed by atoms with E-state index in [0.29, 0.717) is 29.7 Å². The summed E-state index contributed by atoms with van der Waals surface area (Å²) in [7, 11) is 0. The molecule has 0 aliphatic carbocycles. The smallest absolute Gasteiger partial charge is 0.256 e. The van der Waals surface area contributed by atoms with E-state index in [1.807, 2.05) is 29.1 Å². The number of benzene rings is 1. The molecule has 1 amide bonds. The fourth-order valence-corrected chi connectivity index (χ4v) is 3.90. The molecule has 7 heteroatoms. The molecule has 1 aliphatic heterocycles. The van der Waals surface area contributed by atoms with Crippen molar-refractivity contribution >= 4 is 5.91 Å². The first-order valence-corrected chi connectivity index (χ1v) is 10.1. The van der Waals surface area contributed by atoms with Crippen LogP contribution in [0.15, 0.2) is 55.0 Å². The zero-order valence-electron chi connectivity index (χ0n) is 16.6. The minimum Gasteiger partial charge on any atom is -0.351 e. The molecule has 4 rings (SSSR count). The fourth-order valence-electron chi connectivity index (χ4n) is 3.90. The fraction of sp³-hybridized carbons (Fsp3) is 0.364. The molecule has 3 aromatic rings. The van der Waals surface area contributed by atoms with E-state index < -0.39 is 0 Å². The Labute approximate surface area is 169 Å². The number of carbonyl (C=O) groups excluding carboxylic acids is 1. The Hall–Kier alpha value is -2.93. The molecule has 0 saturated carbocycles. The molecule has 0 bridgehead atoms. The maximum absolute atomic E-state index is 13.3. The molecular formula is C22H26FN5O. The van der Waals surface area contributed by atoms with Crippen LogP contribution in [0.5, 0.6) is 0 Å². The number of piperidine rings is 1. The van der Waals surface area contributed by atoms with Crippen molar-refractivity contribution in [2.45, 2.75) is 32.2 Å². The van der Waals surface area contributed by atoms with Crippen LogP contribution in [0.2, 0.25) is 0 Å². The quantitative estimate of drug-likeness (QED) is 0.696. The molecule has 1 aliphatic rings. The minimum atomic E-state index is -0.312. The predicted molar refractivity (Wildman–Crippen MR) is 110 cm³/mol. The summed E-state index contributed by atoms with van der Waals surface area (Å²) < 4.78 is 16.8. The number of amides is 1. The van der Waals surface area contributed by atoms with Crippen molar-refractivity contribution in [2.24, 2.45) is 0 Å². The van der Waals surface area contributed by atoms with Gasteiger partial charge in [-0.25, -0.2) is 9.07 Å². The van der Waals surface area contributed by atoms with E-state index >= 15 is 0 Å². The topological polar surface area (TPSA) is 55.1 Å². The Kier molecular flexibility index (Phi) is 5.76. The second kappa shape index (κ2) is 8.61. The SMILES string of the molecule is CC1CCCCN1CCNC(=O)c1cnn(-c2ccc(F)cc2)c1-n1cccc1. The molecule has 0 spiro atoms. The number of nitrogens with zero attached hydrogens (tertiary/aromatic N) is 4. The van der Waals surface area contributed by atoms with E-state index in [4.69, 9.17) is 0 Å². The van der Waals surface area contributed by atoms with Crippen molar-refractivity contribution in [2.75, 3.05) is 19.6 Å². The lowest BCUT2D eigenvalue weighted by Gasteiger charge is -2.33. The lowest BCUT2D eigenvalue weighted by Crippen LogP contribution is -2.42. The lowest BCUT2D eigenvalue weighted by molar-refractivity contribution is 0.0938. The van der Waals surface area contributed by atoms with Gasteiger partial charge < -0.3 is 9.88 Å². The molecule has 1 N–H and O–H groups in total. The zero-order valence-corrected chi connectivity index (χ0v) is 16.6. The summed E-state index contributed by atoms with van der Waals surface area (Å²) in [6.07, 6.45) is 9.02. The minimum absolute atomic E-state index is 0.160. The zero-order chi connectivity index (χ0) is 20.2. The number of hydrogen-bond donors (Lipinski definition) is 1. The van der Waals surface area contributed by atoms with E-state index in [0.717, 1.165) is 13.1 Å². The first-order valence-electron chi connectivity index (χ1n) is 10.1. The van der Waals surface area contributed by atoms with Crippen molar-refractivity contribution in [1.82, 2.24) is 24.6 Å². The van der Waals surface area contributed by atoms with Gasteiger partial charge >= 0.3 is 0 Å². The van der Waals surface area contributed by atoms with E-state index in [1.54, 1.807) is 23.0 Å². The van der Waals surface area contributed by atoms with Gasteiger partial charge in [-0.15, -0.1) is 0 Å². The number of rotatable bonds is 6. The van der Waals surface area contributed by atoms with Crippen LogP contribution in [0.25, 0.3) is 11.5 Å². The summed E-state index contributed by atoms with van der Waals surface area (Å²) in [6, 6.07) is 10.4. The molecule has 1 unspecified atom stereocenters. The van der Waals surface area contributed by atoms with Gasteiger partial charge in [-0.2, -0.15) is 5.10 Å². The third-order valence-corrected chi connectivity index (χ3v) is 5.53. The molecule has 3 heterocycles. The van der Waals surface area contributed by atoms with Crippen molar-refractivity contribution in [3.8, 4) is 11.5 Å². The number of halogens is 1. The van der Waals surface area contributed by atoms with E-state index in [-0.39, 0.29) is 11.7 Å². The van der Waals surface area contributed by atoms with Gasteiger partial charge in [-0.1, -0.05) is 6.42 Å². The monoisotopic (exact) mass is 395 g/mol. The van der Waals surface area contributed by atoms with E-state index in [9.17, 15) is 9.18 Å². The van der Waals surface area contributed by atoms with Crippen molar-refractivity contribution in [3.63, 3.8) is 0 Å². The average Bonchev–Trinajstić information content (AvgIpc) is 3.39. The second-order valence-corrected chi connectivity index (χ2v) is 7.50. The van der Waals surface area contributed by atoms with Crippen LogP contribution in [0.3, 0.4) is 0 Å². The highest BCUT2D eigenvalue weighted by atomic mass is 19.1. The van der Waals surface area contributed by atoms with Crippen LogP contribution < -0.4 is 5.32 Å². The molecule has 1 saturated heterocycles. The third kappa shape index (κ3) is 4.24. The Morgan fingerprint density at radius 2 is 1.97 bits per heavy atom. The van der Waals surface area contributed by atoms with Crippen molar-refractivity contribution < 1.29 is 9.18 Å². The van der Waals surface area contributed by atoms with Gasteiger partial charge in [-0.3, -0.25) is 9.69 Å². The number of carbonyl (C=O) groups is 1. The van der Waals surface area contributed by atoms with Crippen LogP contribution in [0.4, 0.5) is 4.39 Å². The van der Waals surface area contributed by atoms with Gasteiger partial charge in [0.15, 0.2) is 5.82 Å². The molecule has 152 valence electrons. The third-order valence-electron chi connectivity index (χ3n) is 5.53. The van der Waals surface area contributed by atoms with Gasteiger partial charge in [-0.05, 0) is 62.7 Å². The van der Waals surface area contributed by atoms with Gasteiger partial charge in [0.2, 0.25) is 0 Å². The Morgan fingerprint density at radius 3 is 2.69 bits per heavy atom. The largest absolute Gasteiger partial charge is 0.351 e. The van der Waals surface area contributed by atoms with Crippen LogP contribution in [-0.2, 0) is 0 Å². The highest BCUT2D eigenvalue weighted by Crippen LogP contribution is 2.20. The van der Waals surface area contributed by atoms with Gasteiger partial charge in [0.1, 0.15) is 11.4 Å². The summed E-state index contributed by atoms with van der Waals surface area (Å²) in [5.74, 6) is 0.158. The van der Waals surface area contributed by atoms with Crippen LogP contribution in [0.1, 0.15) is 36.5 Å². The van der Waals surface area contributed by atoms with Crippen molar-refractivity contribution in [1.29, 1.82) is 0 Å². The van der Waals surface area contributed by atoms with Crippen LogP contribution >= 0.6 is 0 Å². The number of hydrogen-bond acceptors (Lipinski definition) is 3. The van der Waals surface area contributed by atoms with Gasteiger partial charge in [0.25, 0.3) is 5.91 Å². The molecule has 2 aromatic heterocycles. The summed E-state index contributed by atoms with van der Waals surface area (Å²) in [6.45, 7) is 4.78. The molecule has 29 heavy (non-hydrogen) atoms. The lowest BCUT2D eigenvalue weighted by atomic mass is 10.0. The predicted octanol–water partition coefficient (Wildman–Crippen LogP) is 3.41. The highest BCUT2D eigenvalue weighted by molar-refractivity contribution is 5.97. The summed E-state index contributed by atoms with van der Waals surface area (Å²) in [5, 5.41) is 7.44. The highest BCUT2D eigenvalue weighted by Gasteiger charge is 2.21. The molecular weight excluding hydrogens is 369 g/mol. The van der Waals surface area contributed by atoms with E-state index in [2.05, 4.69) is 22.2 Å². The maximum Gasteiger partial charge on any atom is 0.256 e. The Bertz CT molecular complexity index is 948. The van der Waals surface area contributed by atoms with Crippen LogP contribution in [0, 0.1) is 5.82 Å². The summed E-state index contributed by atoms with van der Waals surface area (Å²) in [5.41, 5.74) is 1.17. The molecule has 1 atom stereocenters. The molecule has 0 radical (unpaired) electrons. The average molecular weight is 395 g/mol.